The van der Waals surface area contributed by atoms with Gasteiger partial charge in [0.15, 0.2) is 5.54 Å². The van der Waals surface area contributed by atoms with Crippen LogP contribution in [0.1, 0.15) is 146 Å². The van der Waals surface area contributed by atoms with Crippen LogP contribution < -0.4 is 4.57 Å². The highest BCUT2D eigenvalue weighted by Gasteiger charge is 2.53. The summed E-state index contributed by atoms with van der Waals surface area (Å²) in [5, 5.41) is 0. The Morgan fingerprint density at radius 1 is 0.408 bits per heavy atom. The van der Waals surface area contributed by atoms with E-state index < -0.39 is 16.4 Å². The van der Waals surface area contributed by atoms with Crippen LogP contribution in [-0.4, -0.2) is 9.55 Å². The molecule has 3 aliphatic rings. The van der Waals surface area contributed by atoms with Crippen molar-refractivity contribution in [2.45, 2.75) is 102 Å². The van der Waals surface area contributed by atoms with Crippen LogP contribution >= 0.6 is 0 Å². The van der Waals surface area contributed by atoms with Crippen LogP contribution in [0.4, 0.5) is 0 Å². The van der Waals surface area contributed by atoms with Gasteiger partial charge in [-0.3, -0.25) is 4.98 Å². The van der Waals surface area contributed by atoms with Gasteiger partial charge in [0.05, 0.1) is 23.6 Å². The first kappa shape index (κ1) is 47.8. The van der Waals surface area contributed by atoms with E-state index in [0.717, 1.165) is 5.69 Å². The monoisotopic (exact) mass is 986 g/mol. The number of pyridine rings is 1. The first-order chi connectivity index (χ1) is 36.4. The number of rotatable bonds is 6. The Morgan fingerprint density at radius 2 is 0.816 bits per heavy atom. The van der Waals surface area contributed by atoms with Gasteiger partial charge in [-0.25, -0.2) is 0 Å². The fraction of sp³-hybridized carbons (Fsp3) is 0.233. The molecular formula is C73H67N3. The maximum atomic E-state index is 5.39. The molecule has 0 radical (unpaired) electrons. The number of hydrogen-bond donors (Lipinski definition) is 0. The summed E-state index contributed by atoms with van der Waals surface area (Å²) < 4.78 is 4.40. The maximum absolute atomic E-state index is 5.39. The molecule has 10 aromatic rings. The number of fused-ring (bicyclic) bond motifs is 9. The Morgan fingerprint density at radius 3 is 1.33 bits per heavy atom. The van der Waals surface area contributed by atoms with Crippen LogP contribution in [0.5, 0.6) is 0 Å². The minimum Gasteiger partial charge on any atom is -0.354 e. The third-order valence-electron chi connectivity index (χ3n) is 17.5. The van der Waals surface area contributed by atoms with Crippen molar-refractivity contribution in [3.8, 4) is 33.4 Å². The Hall–Kier alpha value is -7.88. The Kier molecular flexibility index (Phi) is 10.4. The zero-order valence-electron chi connectivity index (χ0n) is 46.0. The zero-order valence-corrected chi connectivity index (χ0v) is 46.0. The molecule has 0 fully saturated rings. The van der Waals surface area contributed by atoms with Gasteiger partial charge in [0.2, 0.25) is 6.33 Å². The van der Waals surface area contributed by atoms with Gasteiger partial charge in [0.1, 0.15) is 0 Å². The van der Waals surface area contributed by atoms with E-state index in [1.165, 1.54) is 111 Å². The zero-order chi connectivity index (χ0) is 52.7. The highest BCUT2D eigenvalue weighted by molar-refractivity contribution is 5.90. The summed E-state index contributed by atoms with van der Waals surface area (Å²) in [7, 11) is 2.08. The molecule has 0 amide bonds. The van der Waals surface area contributed by atoms with Gasteiger partial charge in [0.25, 0.3) is 0 Å². The molecule has 0 saturated carbocycles. The van der Waals surface area contributed by atoms with Gasteiger partial charge < -0.3 is 9.13 Å². The standard InChI is InChI=1S/C73H67N3/c1-47-36-37-74-67(40-47)72(62-28-16-13-25-56(62)59-44-49(69(5,6)7)31-34-64(59)72)53-22-18-20-51(41-53)71(61-27-15-12-24-55(61)58-43-48(68(2,3)4)30-33-63(58)71)52-21-19-23-54(42-52)73(76-39-38-75(11)46-76)65-29-17-14-26-57(65)60-45-50(70(8,9)10)32-35-66(60)73/h12-45H,1-11H3. The summed E-state index contributed by atoms with van der Waals surface area (Å²) in [5.74, 6) is 0. The van der Waals surface area contributed by atoms with Crippen molar-refractivity contribution in [1.82, 2.24) is 9.55 Å². The fourth-order valence-electron chi connectivity index (χ4n) is 13.8. The molecule has 0 saturated heterocycles. The van der Waals surface area contributed by atoms with Crippen LogP contribution in [0, 0.1) is 13.3 Å². The number of imidazole rings is 1. The average Bonchev–Trinajstić information content (AvgIpc) is 4.21. The van der Waals surface area contributed by atoms with Gasteiger partial charge in [-0.2, -0.15) is 0 Å². The van der Waals surface area contributed by atoms with E-state index >= 15 is 0 Å². The van der Waals surface area contributed by atoms with Gasteiger partial charge in [-0.1, -0.05) is 232 Å². The first-order valence-corrected chi connectivity index (χ1v) is 27.2. The molecule has 2 aromatic heterocycles. The number of nitrogens with zero attached hydrogens (tertiary/aromatic N) is 3. The van der Waals surface area contributed by atoms with Crippen molar-refractivity contribution in [2.24, 2.45) is 7.05 Å². The predicted octanol–water partition coefficient (Wildman–Crippen LogP) is 16.3. The van der Waals surface area contributed by atoms with Crippen LogP contribution in [0.15, 0.2) is 207 Å². The molecule has 3 aliphatic carbocycles. The lowest BCUT2D eigenvalue weighted by Gasteiger charge is -2.38. The van der Waals surface area contributed by atoms with Gasteiger partial charge >= 0.3 is 0 Å². The molecule has 0 spiro atoms. The number of aryl methyl sites for hydroxylation is 2. The largest absolute Gasteiger partial charge is 0.354 e. The van der Waals surface area contributed by atoms with E-state index in [1.54, 1.807) is 0 Å². The minimum absolute atomic E-state index is 0.0236. The average molecular weight is 986 g/mol. The van der Waals surface area contributed by atoms with E-state index in [1.807, 2.05) is 6.20 Å². The summed E-state index contributed by atoms with van der Waals surface area (Å²) in [6.45, 7) is 23.1. The van der Waals surface area contributed by atoms with Crippen molar-refractivity contribution in [3.63, 3.8) is 0 Å². The smallest absolute Gasteiger partial charge is 0.204 e. The molecule has 2 heterocycles. The lowest BCUT2D eigenvalue weighted by molar-refractivity contribution is -0.675. The van der Waals surface area contributed by atoms with E-state index in [0.29, 0.717) is 0 Å². The summed E-state index contributed by atoms with van der Waals surface area (Å²) in [6.07, 6.45) is 10.1. The normalized spacial score (nSPS) is 19.1. The summed E-state index contributed by atoms with van der Waals surface area (Å²) in [4.78, 5) is 5.39. The third-order valence-corrected chi connectivity index (χ3v) is 17.5. The molecule has 3 atom stereocenters. The summed E-state index contributed by atoms with van der Waals surface area (Å²) in [6, 6.07) is 73.0. The lowest BCUT2D eigenvalue weighted by atomic mass is 9.64. The SMILES string of the molecule is Cc1ccnc(C2(c3cccc(C4(c5cccc(C6(n7[c-][n+](C)cc7)c7ccccc7-c7cc(C(C)(C)C)ccc76)c5)c5ccccc5-c5cc(C(C)(C)C)ccc54)c3)c3ccccc3-c3cc(C(C)(C)C)ccc32)c1. The molecule has 374 valence electrons. The highest BCUT2D eigenvalue weighted by Crippen LogP contribution is 2.61. The van der Waals surface area contributed by atoms with Crippen LogP contribution in [0.3, 0.4) is 0 Å². The summed E-state index contributed by atoms with van der Waals surface area (Å²) >= 11 is 0. The van der Waals surface area contributed by atoms with Gasteiger partial charge in [-0.05, 0) is 148 Å². The predicted molar refractivity (Wildman–Crippen MR) is 311 cm³/mol. The molecule has 0 aliphatic heterocycles. The van der Waals surface area contributed by atoms with Crippen molar-refractivity contribution in [1.29, 1.82) is 0 Å². The molecule has 0 bridgehead atoms. The fourth-order valence-corrected chi connectivity index (χ4v) is 13.8. The molecule has 3 nitrogen and oxygen atoms in total. The number of aromatic nitrogens is 3. The topological polar surface area (TPSA) is 21.7 Å². The first-order valence-electron chi connectivity index (χ1n) is 27.2. The van der Waals surface area contributed by atoms with Crippen molar-refractivity contribution >= 4 is 0 Å². The maximum Gasteiger partial charge on any atom is 0.204 e. The van der Waals surface area contributed by atoms with Crippen molar-refractivity contribution < 1.29 is 4.57 Å². The molecular weight excluding hydrogens is 919 g/mol. The van der Waals surface area contributed by atoms with E-state index in [9.17, 15) is 0 Å². The minimum atomic E-state index is -0.740. The van der Waals surface area contributed by atoms with E-state index in [2.05, 4.69) is 292 Å². The number of hydrogen-bond acceptors (Lipinski definition) is 1. The molecule has 13 rings (SSSR count). The molecule has 76 heavy (non-hydrogen) atoms. The number of benzene rings is 8. The molecule has 3 heteroatoms. The Bertz CT molecular complexity index is 3990. The van der Waals surface area contributed by atoms with Crippen molar-refractivity contribution in [2.75, 3.05) is 0 Å². The van der Waals surface area contributed by atoms with Crippen LogP contribution in [0.25, 0.3) is 33.4 Å². The highest BCUT2D eigenvalue weighted by atomic mass is 15.2. The van der Waals surface area contributed by atoms with Gasteiger partial charge in [0, 0.05) is 22.9 Å². The molecule has 3 unspecified atom stereocenters. The Balaban J connectivity index is 1.14. The third kappa shape index (κ3) is 6.66. The summed E-state index contributed by atoms with van der Waals surface area (Å²) in [5.41, 5.74) is 23.9. The second-order valence-electron chi connectivity index (χ2n) is 25.1. The van der Waals surface area contributed by atoms with E-state index in [4.69, 9.17) is 4.98 Å². The van der Waals surface area contributed by atoms with E-state index in [-0.39, 0.29) is 16.2 Å². The second-order valence-corrected chi connectivity index (χ2v) is 25.1. The van der Waals surface area contributed by atoms with Crippen LogP contribution in [-0.2, 0) is 39.7 Å². The second kappa shape index (κ2) is 16.6. The van der Waals surface area contributed by atoms with Crippen molar-refractivity contribution in [3.05, 3.63) is 297 Å². The van der Waals surface area contributed by atoms with Crippen LogP contribution in [0.2, 0.25) is 0 Å². The Labute approximate surface area is 450 Å². The quantitative estimate of drug-likeness (QED) is 0.120. The van der Waals surface area contributed by atoms with Gasteiger partial charge in [-0.15, -0.1) is 0 Å². The lowest BCUT2D eigenvalue weighted by Crippen LogP contribution is -2.38. The molecule has 8 aromatic carbocycles. The molecule has 0 N–H and O–H groups in total.